The van der Waals surface area contributed by atoms with Gasteiger partial charge in [0.05, 0.1) is 25.4 Å². The Hall–Kier alpha value is -0.440. The van der Waals surface area contributed by atoms with E-state index in [2.05, 4.69) is 20.8 Å². The van der Waals surface area contributed by atoms with Gasteiger partial charge in [0.2, 0.25) is 0 Å². The Labute approximate surface area is 206 Å². The lowest BCUT2D eigenvalue weighted by molar-refractivity contribution is -0.331. The smallest absolute Gasteiger partial charge is 0.186 e. The lowest BCUT2D eigenvalue weighted by Gasteiger charge is -2.48. The van der Waals surface area contributed by atoms with Gasteiger partial charge in [-0.2, -0.15) is 0 Å². The van der Waals surface area contributed by atoms with Gasteiger partial charge < -0.3 is 54.7 Å². The van der Waals surface area contributed by atoms with Crippen molar-refractivity contribution in [2.24, 2.45) is 17.3 Å². The third-order valence-corrected chi connectivity index (χ3v) is 7.85. The second-order valence-electron chi connectivity index (χ2n) is 11.3. The highest BCUT2D eigenvalue weighted by molar-refractivity contribution is 4.94. The van der Waals surface area contributed by atoms with Crippen LogP contribution in [0.3, 0.4) is 0 Å². The zero-order valence-electron chi connectivity index (χ0n) is 21.0. The molecule has 11 nitrogen and oxygen atoms in total. The van der Waals surface area contributed by atoms with Gasteiger partial charge >= 0.3 is 0 Å². The topological polar surface area (TPSA) is 179 Å². The number of hydrogen-bond donors (Lipinski definition) is 7. The van der Waals surface area contributed by atoms with Crippen molar-refractivity contribution in [3.8, 4) is 0 Å². The van der Waals surface area contributed by atoms with Crippen LogP contribution in [0.15, 0.2) is 0 Å². The highest BCUT2D eigenvalue weighted by Gasteiger charge is 2.48. The van der Waals surface area contributed by atoms with Gasteiger partial charge in [-0.1, -0.05) is 20.8 Å². The number of hydrogen-bond acceptors (Lipinski definition) is 11. The van der Waals surface area contributed by atoms with Gasteiger partial charge in [-0.3, -0.25) is 0 Å². The molecule has 13 atom stereocenters. The molecule has 0 aromatic heterocycles. The van der Waals surface area contributed by atoms with Crippen LogP contribution in [0.1, 0.15) is 53.4 Å². The van der Waals surface area contributed by atoms with Crippen LogP contribution in [-0.2, 0) is 18.9 Å². The number of ether oxygens (including phenoxy) is 4. The normalized spacial score (nSPS) is 47.4. The van der Waals surface area contributed by atoms with Crippen molar-refractivity contribution in [1.29, 1.82) is 0 Å². The van der Waals surface area contributed by atoms with E-state index in [1.54, 1.807) is 6.92 Å². The van der Waals surface area contributed by atoms with Crippen molar-refractivity contribution >= 4 is 0 Å². The van der Waals surface area contributed by atoms with E-state index in [0.29, 0.717) is 18.3 Å². The lowest BCUT2D eigenvalue weighted by Crippen LogP contribution is -2.61. The van der Waals surface area contributed by atoms with Crippen molar-refractivity contribution in [3.05, 3.63) is 0 Å². The molecule has 0 spiro atoms. The van der Waals surface area contributed by atoms with Crippen molar-refractivity contribution < 1.29 is 54.7 Å². The van der Waals surface area contributed by atoms with Gasteiger partial charge in [0.1, 0.15) is 42.7 Å². The zero-order valence-corrected chi connectivity index (χ0v) is 21.0. The van der Waals surface area contributed by atoms with Gasteiger partial charge in [0, 0.05) is 0 Å². The molecule has 0 aromatic rings. The summed E-state index contributed by atoms with van der Waals surface area (Å²) in [4.78, 5) is 0. The molecule has 2 saturated heterocycles. The first-order chi connectivity index (χ1) is 16.3. The van der Waals surface area contributed by atoms with Crippen molar-refractivity contribution in [2.45, 2.75) is 121 Å². The van der Waals surface area contributed by atoms with Crippen LogP contribution < -0.4 is 0 Å². The Kier molecular flexibility index (Phi) is 9.94. The summed E-state index contributed by atoms with van der Waals surface area (Å²) in [6.45, 7) is 7.72. The number of aliphatic hydroxyl groups is 7. The third kappa shape index (κ3) is 6.91. The molecule has 7 N–H and O–H groups in total. The standard InChI is InChI=1S/C24H44O11/c1-11-7-13(8-24(3,4)14(11)6-5-12(2)25)34-23-21(31)19(29)18(28)16(35-23)10-33-22-20(30)17(27)15(26)9-32-22/h11-23,25-31H,5-10H2,1-4H3/t11-,12-,13+,14+,15-,16-,17+,18-,19+,20-,21-,22+,23-/m1/s1. The maximum atomic E-state index is 10.5. The van der Waals surface area contributed by atoms with E-state index < -0.39 is 55.3 Å². The van der Waals surface area contributed by atoms with Gasteiger partial charge in [-0.05, 0) is 49.9 Å². The lowest BCUT2D eigenvalue weighted by atomic mass is 9.61. The van der Waals surface area contributed by atoms with E-state index in [1.165, 1.54) is 0 Å². The quantitative estimate of drug-likeness (QED) is 0.211. The maximum Gasteiger partial charge on any atom is 0.186 e. The molecule has 0 bridgehead atoms. The SMILES string of the molecule is C[C@@H]1C[C@H](O[C@@H]2O[C@H](CO[C@@H]3OC[C@@H](O)[C@H](O)[C@H]3O)[C@@H](O)[C@H](O)[C@H]2O)CC(C)(C)[C@H]1CC[C@@H](C)O. The number of rotatable bonds is 8. The molecule has 0 unspecified atom stereocenters. The summed E-state index contributed by atoms with van der Waals surface area (Å²) in [6, 6.07) is 0. The molecular formula is C24H44O11. The highest BCUT2D eigenvalue weighted by atomic mass is 16.7. The Morgan fingerprint density at radius 1 is 0.943 bits per heavy atom. The molecule has 3 rings (SSSR count). The summed E-state index contributed by atoms with van der Waals surface area (Å²) in [6.07, 6.45) is -9.76. The summed E-state index contributed by atoms with van der Waals surface area (Å²) in [5, 5.41) is 70.4. The molecule has 35 heavy (non-hydrogen) atoms. The van der Waals surface area contributed by atoms with Crippen LogP contribution in [0.2, 0.25) is 0 Å². The Morgan fingerprint density at radius 3 is 2.23 bits per heavy atom. The molecule has 3 aliphatic rings. The van der Waals surface area contributed by atoms with E-state index >= 15 is 0 Å². The second-order valence-corrected chi connectivity index (χ2v) is 11.3. The minimum Gasteiger partial charge on any atom is -0.393 e. The summed E-state index contributed by atoms with van der Waals surface area (Å²) >= 11 is 0. The highest BCUT2D eigenvalue weighted by Crippen LogP contribution is 2.47. The fraction of sp³-hybridized carbons (Fsp3) is 1.00. The first kappa shape index (κ1) is 29.1. The van der Waals surface area contributed by atoms with E-state index in [9.17, 15) is 35.7 Å². The molecule has 3 fully saturated rings. The fourth-order valence-electron chi connectivity index (χ4n) is 5.84. The molecular weight excluding hydrogens is 464 g/mol. The molecule has 1 aliphatic carbocycles. The van der Waals surface area contributed by atoms with Crippen molar-refractivity contribution in [3.63, 3.8) is 0 Å². The van der Waals surface area contributed by atoms with Crippen molar-refractivity contribution in [2.75, 3.05) is 13.2 Å². The van der Waals surface area contributed by atoms with Gasteiger partial charge in [0.25, 0.3) is 0 Å². The van der Waals surface area contributed by atoms with Crippen LogP contribution in [0, 0.1) is 17.3 Å². The summed E-state index contributed by atoms with van der Waals surface area (Å²) < 4.78 is 22.5. The largest absolute Gasteiger partial charge is 0.393 e. The van der Waals surface area contributed by atoms with E-state index in [-0.39, 0.29) is 30.8 Å². The van der Waals surface area contributed by atoms with Crippen LogP contribution >= 0.6 is 0 Å². The van der Waals surface area contributed by atoms with Gasteiger partial charge in [0.15, 0.2) is 12.6 Å². The van der Waals surface area contributed by atoms with Crippen LogP contribution in [0.4, 0.5) is 0 Å². The minimum absolute atomic E-state index is 0.0721. The van der Waals surface area contributed by atoms with Crippen LogP contribution in [0.25, 0.3) is 0 Å². The third-order valence-electron chi connectivity index (χ3n) is 7.85. The number of aliphatic hydroxyl groups excluding tert-OH is 7. The maximum absolute atomic E-state index is 10.5. The fourth-order valence-corrected chi connectivity index (χ4v) is 5.84. The Balaban J connectivity index is 1.59. The predicted molar refractivity (Wildman–Crippen MR) is 122 cm³/mol. The molecule has 0 aromatic carbocycles. The molecule has 1 saturated carbocycles. The van der Waals surface area contributed by atoms with Crippen LogP contribution in [0.5, 0.6) is 0 Å². The summed E-state index contributed by atoms with van der Waals surface area (Å²) in [5.74, 6) is 0.711. The average Bonchev–Trinajstić information content (AvgIpc) is 2.77. The first-order valence-corrected chi connectivity index (χ1v) is 12.6. The van der Waals surface area contributed by atoms with Gasteiger partial charge in [-0.15, -0.1) is 0 Å². The molecule has 0 radical (unpaired) electrons. The Bertz CT molecular complexity index is 661. The zero-order chi connectivity index (χ0) is 26.1. The minimum atomic E-state index is -1.54. The summed E-state index contributed by atoms with van der Waals surface area (Å²) in [5.41, 5.74) is -0.0721. The monoisotopic (exact) mass is 508 g/mol. The molecule has 2 aliphatic heterocycles. The summed E-state index contributed by atoms with van der Waals surface area (Å²) in [7, 11) is 0. The first-order valence-electron chi connectivity index (χ1n) is 12.6. The van der Waals surface area contributed by atoms with Crippen molar-refractivity contribution in [1.82, 2.24) is 0 Å². The molecule has 206 valence electrons. The second kappa shape index (κ2) is 12.0. The average molecular weight is 509 g/mol. The molecule has 2 heterocycles. The van der Waals surface area contributed by atoms with E-state index in [1.807, 2.05) is 0 Å². The molecule has 11 heteroatoms. The Morgan fingerprint density at radius 2 is 1.60 bits per heavy atom. The van der Waals surface area contributed by atoms with Gasteiger partial charge in [-0.25, -0.2) is 0 Å². The predicted octanol–water partition coefficient (Wildman–Crippen LogP) is -1.13. The molecule has 0 amide bonds. The van der Waals surface area contributed by atoms with Crippen LogP contribution in [-0.4, -0.2) is 116 Å². The van der Waals surface area contributed by atoms with E-state index in [4.69, 9.17) is 18.9 Å². The van der Waals surface area contributed by atoms with E-state index in [0.717, 1.165) is 19.3 Å².